The van der Waals surface area contributed by atoms with Gasteiger partial charge in [-0.15, -0.1) is 0 Å². The minimum Gasteiger partial charge on any atom is -0.465 e. The molecule has 1 heterocycles. The van der Waals surface area contributed by atoms with Crippen molar-refractivity contribution in [3.63, 3.8) is 0 Å². The first-order valence-corrected chi connectivity index (χ1v) is 4.07. The van der Waals surface area contributed by atoms with Gasteiger partial charge in [-0.1, -0.05) is 11.6 Å². The second-order valence-corrected chi connectivity index (χ2v) is 2.89. The largest absolute Gasteiger partial charge is 0.465 e. The number of aromatic nitrogens is 1. The number of halogens is 4. The second kappa shape index (κ2) is 4.48. The number of carbonyl (C=O) groups is 1. The van der Waals surface area contributed by atoms with Gasteiger partial charge in [-0.05, 0) is 6.07 Å². The number of hydrogen-bond acceptors (Lipinski definition) is 3. The zero-order chi connectivity index (χ0) is 11.6. The topological polar surface area (TPSA) is 39.2 Å². The van der Waals surface area contributed by atoms with Crippen LogP contribution in [0.1, 0.15) is 22.5 Å². The normalized spacial score (nSPS) is 10.5. The summed E-state index contributed by atoms with van der Waals surface area (Å²) in [5.74, 6) is -2.29. The number of ether oxygens (including phenoxy) is 1. The highest BCUT2D eigenvalue weighted by Crippen LogP contribution is 2.25. The Labute approximate surface area is 87.8 Å². The van der Waals surface area contributed by atoms with Crippen LogP contribution in [-0.4, -0.2) is 18.1 Å². The predicted molar refractivity (Wildman–Crippen MR) is 45.5 cm³/mol. The van der Waals surface area contributed by atoms with Gasteiger partial charge in [0, 0.05) is 0 Å². The van der Waals surface area contributed by atoms with Crippen molar-refractivity contribution in [1.29, 1.82) is 0 Å². The van der Waals surface area contributed by atoms with Crippen molar-refractivity contribution >= 4 is 17.6 Å². The molecule has 0 aliphatic carbocycles. The molecule has 1 aromatic rings. The van der Waals surface area contributed by atoms with E-state index in [0.717, 1.165) is 13.2 Å². The molecule has 0 radical (unpaired) electrons. The van der Waals surface area contributed by atoms with Gasteiger partial charge in [-0.3, -0.25) is 0 Å². The third-order valence-electron chi connectivity index (χ3n) is 1.57. The summed E-state index contributed by atoms with van der Waals surface area (Å²) >= 11 is 5.30. The molecule has 0 fully saturated rings. The number of alkyl halides is 2. The van der Waals surface area contributed by atoms with Crippen molar-refractivity contribution < 1.29 is 22.7 Å². The molecule has 0 amide bonds. The number of nitrogens with zero attached hydrogens (tertiary/aromatic N) is 1. The maximum atomic E-state index is 12.8. The number of hydrogen-bond donors (Lipinski definition) is 0. The summed E-state index contributed by atoms with van der Waals surface area (Å²) < 4.78 is 41.7. The Hall–Kier alpha value is -1.30. The summed E-state index contributed by atoms with van der Waals surface area (Å²) in [6.07, 6.45) is -3.08. The number of methoxy groups -OCH3 is 1. The maximum Gasteiger partial charge on any atom is 0.339 e. The molecule has 3 nitrogen and oxygen atoms in total. The first-order chi connectivity index (χ1) is 6.97. The summed E-state index contributed by atoms with van der Waals surface area (Å²) in [6.45, 7) is 0. The van der Waals surface area contributed by atoms with Gasteiger partial charge in [-0.25, -0.2) is 18.6 Å². The Morgan fingerprint density at radius 3 is 2.67 bits per heavy atom. The summed E-state index contributed by atoms with van der Waals surface area (Å²) in [4.78, 5) is 13.9. The molecule has 0 saturated heterocycles. The van der Waals surface area contributed by atoms with Crippen LogP contribution in [0.3, 0.4) is 0 Å². The molecule has 0 spiro atoms. The molecule has 0 saturated carbocycles. The molecule has 0 atom stereocenters. The monoisotopic (exact) mass is 239 g/mol. The zero-order valence-electron chi connectivity index (χ0n) is 7.43. The maximum absolute atomic E-state index is 12.8. The van der Waals surface area contributed by atoms with E-state index in [1.807, 2.05) is 0 Å². The highest BCUT2D eigenvalue weighted by Gasteiger charge is 2.23. The quantitative estimate of drug-likeness (QED) is 0.588. The Bertz CT molecular complexity index is 398. The predicted octanol–water partition coefficient (Wildman–Crippen LogP) is 2.60. The van der Waals surface area contributed by atoms with Gasteiger partial charge in [0.15, 0.2) is 0 Å². The molecule has 0 N–H and O–H groups in total. The lowest BCUT2D eigenvalue weighted by Crippen LogP contribution is -2.09. The van der Waals surface area contributed by atoms with Crippen molar-refractivity contribution in [2.75, 3.05) is 7.11 Å². The van der Waals surface area contributed by atoms with Gasteiger partial charge < -0.3 is 4.74 Å². The number of carbonyl (C=O) groups excluding carboxylic acids is 1. The van der Waals surface area contributed by atoms with Crippen molar-refractivity contribution in [1.82, 2.24) is 4.98 Å². The molecule has 0 unspecified atom stereocenters. The molecular formula is C8H5ClF3NO2. The van der Waals surface area contributed by atoms with Gasteiger partial charge in [0.05, 0.1) is 17.7 Å². The Balaban J connectivity index is 3.34. The van der Waals surface area contributed by atoms with Gasteiger partial charge in [0.1, 0.15) is 5.69 Å². The standard InChI is InChI=1S/C8H5ClF3NO2/c1-15-8(14)3-2-4(9)7(12)13-5(3)6(10)11/h2,6H,1H3. The van der Waals surface area contributed by atoms with Crippen LogP contribution in [0.25, 0.3) is 0 Å². The van der Waals surface area contributed by atoms with E-state index in [1.165, 1.54) is 0 Å². The van der Waals surface area contributed by atoms with E-state index in [0.29, 0.717) is 0 Å². The highest BCUT2D eigenvalue weighted by molar-refractivity contribution is 6.30. The lowest BCUT2D eigenvalue weighted by atomic mass is 10.2. The number of pyridine rings is 1. The second-order valence-electron chi connectivity index (χ2n) is 2.49. The van der Waals surface area contributed by atoms with Crippen LogP contribution in [0.5, 0.6) is 0 Å². The fourth-order valence-electron chi connectivity index (χ4n) is 0.919. The van der Waals surface area contributed by atoms with Gasteiger partial charge >= 0.3 is 5.97 Å². The van der Waals surface area contributed by atoms with Crippen LogP contribution >= 0.6 is 11.6 Å². The molecule has 15 heavy (non-hydrogen) atoms. The Morgan fingerprint density at radius 2 is 2.20 bits per heavy atom. The fraction of sp³-hybridized carbons (Fsp3) is 0.250. The molecule has 0 aliphatic rings. The number of rotatable bonds is 2. The van der Waals surface area contributed by atoms with Gasteiger partial charge in [0.2, 0.25) is 5.95 Å². The van der Waals surface area contributed by atoms with Crippen LogP contribution in [-0.2, 0) is 4.74 Å². The molecule has 7 heteroatoms. The average Bonchev–Trinajstić information content (AvgIpc) is 2.20. The zero-order valence-corrected chi connectivity index (χ0v) is 8.19. The molecular weight excluding hydrogens is 235 g/mol. The molecule has 1 rings (SSSR count). The van der Waals surface area contributed by atoms with Crippen molar-refractivity contribution in [3.8, 4) is 0 Å². The minimum atomic E-state index is -3.08. The van der Waals surface area contributed by atoms with Crippen molar-refractivity contribution in [2.24, 2.45) is 0 Å². The summed E-state index contributed by atoms with van der Waals surface area (Å²) in [5, 5.41) is -0.514. The highest BCUT2D eigenvalue weighted by atomic mass is 35.5. The van der Waals surface area contributed by atoms with E-state index >= 15 is 0 Å². The van der Waals surface area contributed by atoms with E-state index < -0.39 is 34.6 Å². The Morgan fingerprint density at radius 1 is 1.60 bits per heavy atom. The molecule has 1 aromatic heterocycles. The van der Waals surface area contributed by atoms with E-state index in [9.17, 15) is 18.0 Å². The fourth-order valence-corrected chi connectivity index (χ4v) is 1.07. The first kappa shape index (κ1) is 11.8. The third kappa shape index (κ3) is 2.38. The van der Waals surface area contributed by atoms with Crippen LogP contribution in [0.2, 0.25) is 5.02 Å². The molecule has 0 bridgehead atoms. The summed E-state index contributed by atoms with van der Waals surface area (Å²) in [5.41, 5.74) is -1.53. The number of esters is 1. The van der Waals surface area contributed by atoms with Crippen LogP contribution in [0, 0.1) is 5.95 Å². The van der Waals surface area contributed by atoms with Gasteiger partial charge in [-0.2, -0.15) is 4.39 Å². The van der Waals surface area contributed by atoms with E-state index in [-0.39, 0.29) is 0 Å². The van der Waals surface area contributed by atoms with Crippen molar-refractivity contribution in [2.45, 2.75) is 6.43 Å². The lowest BCUT2D eigenvalue weighted by molar-refractivity contribution is 0.0586. The van der Waals surface area contributed by atoms with Crippen LogP contribution < -0.4 is 0 Å². The lowest BCUT2D eigenvalue weighted by Gasteiger charge is -2.06. The SMILES string of the molecule is COC(=O)c1cc(Cl)c(F)nc1C(F)F. The van der Waals surface area contributed by atoms with Crippen LogP contribution in [0.15, 0.2) is 6.07 Å². The third-order valence-corrected chi connectivity index (χ3v) is 1.84. The minimum absolute atomic E-state index is 0.514. The summed E-state index contributed by atoms with van der Waals surface area (Å²) in [6, 6.07) is 0.761. The molecule has 0 aliphatic heterocycles. The average molecular weight is 240 g/mol. The summed E-state index contributed by atoms with van der Waals surface area (Å²) in [7, 11) is 1.01. The van der Waals surface area contributed by atoms with E-state index in [2.05, 4.69) is 9.72 Å². The Kier molecular flexibility index (Phi) is 3.52. The van der Waals surface area contributed by atoms with E-state index in [1.54, 1.807) is 0 Å². The molecule has 0 aromatic carbocycles. The first-order valence-electron chi connectivity index (χ1n) is 3.69. The van der Waals surface area contributed by atoms with E-state index in [4.69, 9.17) is 11.6 Å². The van der Waals surface area contributed by atoms with Crippen LogP contribution in [0.4, 0.5) is 13.2 Å². The van der Waals surface area contributed by atoms with Gasteiger partial charge in [0.25, 0.3) is 6.43 Å². The van der Waals surface area contributed by atoms with Crippen molar-refractivity contribution in [3.05, 3.63) is 28.3 Å². The smallest absolute Gasteiger partial charge is 0.339 e. The molecule has 82 valence electrons.